The number of rotatable bonds is 4. The third kappa shape index (κ3) is 3.47. The fourth-order valence-electron chi connectivity index (χ4n) is 2.62. The predicted octanol–water partition coefficient (Wildman–Crippen LogP) is 2.36. The lowest BCUT2D eigenvalue weighted by Gasteiger charge is -2.27. The van der Waals surface area contributed by atoms with Gasteiger partial charge in [-0.2, -0.15) is 0 Å². The summed E-state index contributed by atoms with van der Waals surface area (Å²) in [5.41, 5.74) is 5.32. The smallest absolute Gasteiger partial charge is 0.0594 e. The second-order valence-electron chi connectivity index (χ2n) is 5.15. The second kappa shape index (κ2) is 6.21. The van der Waals surface area contributed by atoms with Gasteiger partial charge >= 0.3 is 0 Å². The summed E-state index contributed by atoms with van der Waals surface area (Å²) >= 11 is 0. The van der Waals surface area contributed by atoms with E-state index in [1.54, 1.807) is 0 Å². The summed E-state index contributed by atoms with van der Waals surface area (Å²) in [6.45, 7) is 12.5. The summed E-state index contributed by atoms with van der Waals surface area (Å²) in [7, 11) is 0. The number of anilines is 1. The molecular formula is C15H24N2O. The maximum absolute atomic E-state index is 5.35. The van der Waals surface area contributed by atoms with E-state index in [9.17, 15) is 0 Å². The van der Waals surface area contributed by atoms with Crippen LogP contribution in [0.15, 0.2) is 12.1 Å². The van der Waals surface area contributed by atoms with E-state index in [2.05, 4.69) is 43.1 Å². The van der Waals surface area contributed by atoms with Crippen LogP contribution in [0.5, 0.6) is 0 Å². The Hall–Kier alpha value is -1.06. The highest BCUT2D eigenvalue weighted by atomic mass is 16.5. The zero-order chi connectivity index (χ0) is 13.0. The van der Waals surface area contributed by atoms with Gasteiger partial charge in [-0.05, 0) is 31.9 Å². The molecule has 1 aromatic carbocycles. The Morgan fingerprint density at radius 1 is 1.11 bits per heavy atom. The van der Waals surface area contributed by atoms with Crippen LogP contribution in [-0.2, 0) is 4.74 Å². The predicted molar refractivity (Wildman–Crippen MR) is 76.4 cm³/mol. The zero-order valence-corrected chi connectivity index (χ0v) is 11.8. The van der Waals surface area contributed by atoms with Crippen molar-refractivity contribution in [3.8, 4) is 0 Å². The Bertz CT molecular complexity index is 374. The van der Waals surface area contributed by atoms with E-state index in [1.165, 1.54) is 22.4 Å². The van der Waals surface area contributed by atoms with Crippen molar-refractivity contribution in [3.63, 3.8) is 0 Å². The molecule has 0 spiro atoms. The molecule has 1 heterocycles. The lowest BCUT2D eigenvalue weighted by Crippen LogP contribution is -2.39. The largest absolute Gasteiger partial charge is 0.383 e. The first kappa shape index (κ1) is 13.4. The molecule has 1 aliphatic heterocycles. The van der Waals surface area contributed by atoms with Crippen molar-refractivity contribution in [1.29, 1.82) is 0 Å². The van der Waals surface area contributed by atoms with Crippen LogP contribution in [0.3, 0.4) is 0 Å². The van der Waals surface area contributed by atoms with Gasteiger partial charge in [-0.1, -0.05) is 17.7 Å². The molecule has 1 aromatic rings. The fourth-order valence-corrected chi connectivity index (χ4v) is 2.62. The van der Waals surface area contributed by atoms with E-state index >= 15 is 0 Å². The van der Waals surface area contributed by atoms with Crippen molar-refractivity contribution in [2.45, 2.75) is 20.8 Å². The van der Waals surface area contributed by atoms with Gasteiger partial charge in [0.15, 0.2) is 0 Å². The molecule has 1 saturated heterocycles. The maximum Gasteiger partial charge on any atom is 0.0594 e. The second-order valence-corrected chi connectivity index (χ2v) is 5.15. The van der Waals surface area contributed by atoms with E-state index < -0.39 is 0 Å². The Kier molecular flexibility index (Phi) is 4.61. The maximum atomic E-state index is 5.35. The van der Waals surface area contributed by atoms with Crippen LogP contribution in [0.25, 0.3) is 0 Å². The van der Waals surface area contributed by atoms with E-state index in [0.29, 0.717) is 0 Å². The van der Waals surface area contributed by atoms with Gasteiger partial charge in [0.1, 0.15) is 0 Å². The van der Waals surface area contributed by atoms with E-state index in [-0.39, 0.29) is 0 Å². The lowest BCUT2D eigenvalue weighted by atomic mass is 10.1. The molecular weight excluding hydrogens is 224 g/mol. The first-order chi connectivity index (χ1) is 8.66. The van der Waals surface area contributed by atoms with Crippen LogP contribution in [0, 0.1) is 20.8 Å². The average molecular weight is 248 g/mol. The number of morpholine rings is 1. The molecule has 18 heavy (non-hydrogen) atoms. The highest BCUT2D eigenvalue weighted by Gasteiger charge is 2.10. The number of aryl methyl sites for hydroxylation is 3. The van der Waals surface area contributed by atoms with Crippen LogP contribution in [0.2, 0.25) is 0 Å². The first-order valence-electron chi connectivity index (χ1n) is 6.78. The number of benzene rings is 1. The summed E-state index contributed by atoms with van der Waals surface area (Å²) in [6, 6.07) is 4.48. The summed E-state index contributed by atoms with van der Waals surface area (Å²) in [4.78, 5) is 2.45. The molecule has 0 bridgehead atoms. The SMILES string of the molecule is Cc1cc(C)c(NCCN2CCOCC2)c(C)c1. The van der Waals surface area contributed by atoms with Crippen LogP contribution >= 0.6 is 0 Å². The Labute approximate surface area is 110 Å². The van der Waals surface area contributed by atoms with Crippen molar-refractivity contribution >= 4 is 5.69 Å². The monoisotopic (exact) mass is 248 g/mol. The third-order valence-corrected chi connectivity index (χ3v) is 3.51. The fraction of sp³-hybridized carbons (Fsp3) is 0.600. The standard InChI is InChI=1S/C15H24N2O/c1-12-10-13(2)15(14(3)11-12)16-4-5-17-6-8-18-9-7-17/h10-11,16H,4-9H2,1-3H3. The lowest BCUT2D eigenvalue weighted by molar-refractivity contribution is 0.0398. The van der Waals surface area contributed by atoms with Gasteiger partial charge in [-0.25, -0.2) is 0 Å². The highest BCUT2D eigenvalue weighted by Crippen LogP contribution is 2.21. The van der Waals surface area contributed by atoms with Crippen molar-refractivity contribution in [2.75, 3.05) is 44.7 Å². The van der Waals surface area contributed by atoms with Gasteiger partial charge in [0.25, 0.3) is 0 Å². The Morgan fingerprint density at radius 2 is 1.72 bits per heavy atom. The molecule has 0 saturated carbocycles. The highest BCUT2D eigenvalue weighted by molar-refractivity contribution is 5.58. The van der Waals surface area contributed by atoms with Gasteiger partial charge in [0.05, 0.1) is 13.2 Å². The van der Waals surface area contributed by atoms with E-state index in [4.69, 9.17) is 4.74 Å². The minimum absolute atomic E-state index is 0.878. The number of nitrogens with zero attached hydrogens (tertiary/aromatic N) is 1. The van der Waals surface area contributed by atoms with Gasteiger partial charge in [-0.15, -0.1) is 0 Å². The topological polar surface area (TPSA) is 24.5 Å². The minimum atomic E-state index is 0.878. The first-order valence-corrected chi connectivity index (χ1v) is 6.78. The molecule has 0 aromatic heterocycles. The van der Waals surface area contributed by atoms with E-state index in [0.717, 1.165) is 39.4 Å². The van der Waals surface area contributed by atoms with Gasteiger partial charge in [0.2, 0.25) is 0 Å². The summed E-state index contributed by atoms with van der Waals surface area (Å²) < 4.78 is 5.35. The van der Waals surface area contributed by atoms with Crippen molar-refractivity contribution < 1.29 is 4.74 Å². The molecule has 0 radical (unpaired) electrons. The molecule has 0 aliphatic carbocycles. The van der Waals surface area contributed by atoms with Crippen LogP contribution in [0.1, 0.15) is 16.7 Å². The molecule has 3 heteroatoms. The molecule has 0 unspecified atom stereocenters. The number of nitrogens with one attached hydrogen (secondary N) is 1. The molecule has 1 N–H and O–H groups in total. The van der Waals surface area contributed by atoms with Crippen molar-refractivity contribution in [2.24, 2.45) is 0 Å². The van der Waals surface area contributed by atoms with Gasteiger partial charge < -0.3 is 10.1 Å². The third-order valence-electron chi connectivity index (χ3n) is 3.51. The number of hydrogen-bond donors (Lipinski definition) is 1. The van der Waals surface area contributed by atoms with Crippen LogP contribution in [0.4, 0.5) is 5.69 Å². The summed E-state index contributed by atoms with van der Waals surface area (Å²) in [5, 5.41) is 3.57. The van der Waals surface area contributed by atoms with Crippen molar-refractivity contribution in [1.82, 2.24) is 4.90 Å². The molecule has 1 fully saturated rings. The molecule has 2 rings (SSSR count). The van der Waals surface area contributed by atoms with E-state index in [1.807, 2.05) is 0 Å². The summed E-state index contributed by atoms with van der Waals surface area (Å²) in [5.74, 6) is 0. The van der Waals surface area contributed by atoms with Crippen LogP contribution < -0.4 is 5.32 Å². The van der Waals surface area contributed by atoms with Crippen LogP contribution in [-0.4, -0.2) is 44.3 Å². The zero-order valence-electron chi connectivity index (χ0n) is 11.8. The Morgan fingerprint density at radius 3 is 2.33 bits per heavy atom. The minimum Gasteiger partial charge on any atom is -0.383 e. The number of hydrogen-bond acceptors (Lipinski definition) is 3. The van der Waals surface area contributed by atoms with Crippen molar-refractivity contribution in [3.05, 3.63) is 28.8 Å². The molecule has 0 atom stereocenters. The molecule has 100 valence electrons. The van der Waals surface area contributed by atoms with Gasteiger partial charge in [-0.3, -0.25) is 4.90 Å². The Balaban J connectivity index is 1.86. The molecule has 3 nitrogen and oxygen atoms in total. The molecule has 0 amide bonds. The van der Waals surface area contributed by atoms with Gasteiger partial charge in [0, 0.05) is 31.9 Å². The average Bonchev–Trinajstić information content (AvgIpc) is 2.34. The normalized spacial score (nSPS) is 16.8. The summed E-state index contributed by atoms with van der Waals surface area (Å²) in [6.07, 6.45) is 0. The quantitative estimate of drug-likeness (QED) is 0.885. The number of ether oxygens (including phenoxy) is 1. The molecule has 1 aliphatic rings.